The molecule has 0 unspecified atom stereocenters. The molecule has 0 atom stereocenters. The zero-order valence-electron chi connectivity index (χ0n) is 10.9. The van der Waals surface area contributed by atoms with Crippen LogP contribution in [0.4, 0.5) is 0 Å². The Bertz CT molecular complexity index is 603. The van der Waals surface area contributed by atoms with E-state index in [4.69, 9.17) is 11.6 Å². The third kappa shape index (κ3) is 3.35. The third-order valence-corrected chi connectivity index (χ3v) is 6.31. The third-order valence-electron chi connectivity index (χ3n) is 4.03. The van der Waals surface area contributed by atoms with E-state index in [-0.39, 0.29) is 10.0 Å². The number of nitrogens with one attached hydrogen (secondary N) is 1. The van der Waals surface area contributed by atoms with Crippen molar-refractivity contribution in [2.24, 2.45) is 17.8 Å². The summed E-state index contributed by atoms with van der Waals surface area (Å²) in [6.45, 7) is 0.514. The molecular weight excluding hydrogens is 364 g/mol. The second-order valence-corrected chi connectivity index (χ2v) is 8.64. The Kier molecular flexibility index (Phi) is 4.10. The summed E-state index contributed by atoms with van der Waals surface area (Å²) in [6, 6.07) is 1.49. The van der Waals surface area contributed by atoms with Crippen molar-refractivity contribution in [1.29, 1.82) is 0 Å². The summed E-state index contributed by atoms with van der Waals surface area (Å²) < 4.78 is 28.0. The Labute approximate surface area is 132 Å². The lowest BCUT2D eigenvalue weighted by Crippen LogP contribution is -2.31. The monoisotopic (exact) mass is 378 g/mol. The summed E-state index contributed by atoms with van der Waals surface area (Å²) in [5.74, 6) is 1.91. The van der Waals surface area contributed by atoms with Gasteiger partial charge in [-0.3, -0.25) is 0 Å². The van der Waals surface area contributed by atoms with Crippen molar-refractivity contribution in [3.05, 3.63) is 21.9 Å². The van der Waals surface area contributed by atoms with Gasteiger partial charge < -0.3 is 0 Å². The topological polar surface area (TPSA) is 59.1 Å². The number of rotatable bonds is 6. The zero-order valence-corrected chi connectivity index (χ0v) is 14.0. The van der Waals surface area contributed by atoms with E-state index < -0.39 is 10.0 Å². The molecule has 0 spiro atoms. The molecule has 1 heterocycles. The van der Waals surface area contributed by atoms with Crippen LogP contribution >= 0.6 is 27.5 Å². The SMILES string of the molecule is O=S(=O)(NCC(C1CC1)C1CC1)c1cc(Br)cnc1Cl. The molecule has 20 heavy (non-hydrogen) atoms. The summed E-state index contributed by atoms with van der Waals surface area (Å²) in [5.41, 5.74) is 0. The van der Waals surface area contributed by atoms with Gasteiger partial charge in [-0.25, -0.2) is 18.1 Å². The Morgan fingerprint density at radius 2 is 1.95 bits per heavy atom. The van der Waals surface area contributed by atoms with Gasteiger partial charge in [0.15, 0.2) is 0 Å². The molecule has 0 radical (unpaired) electrons. The highest BCUT2D eigenvalue weighted by Gasteiger charge is 2.41. The summed E-state index contributed by atoms with van der Waals surface area (Å²) in [4.78, 5) is 3.91. The fourth-order valence-electron chi connectivity index (χ4n) is 2.64. The van der Waals surface area contributed by atoms with Crippen LogP contribution in [0.25, 0.3) is 0 Å². The molecule has 0 saturated heterocycles. The molecule has 2 aliphatic carbocycles. The molecule has 3 rings (SSSR count). The van der Waals surface area contributed by atoms with E-state index in [0.29, 0.717) is 28.8 Å². The first-order chi connectivity index (χ1) is 9.47. The van der Waals surface area contributed by atoms with Gasteiger partial charge in [-0.2, -0.15) is 0 Å². The van der Waals surface area contributed by atoms with E-state index in [1.165, 1.54) is 37.9 Å². The van der Waals surface area contributed by atoms with Gasteiger partial charge in [0.1, 0.15) is 10.0 Å². The maximum Gasteiger partial charge on any atom is 0.243 e. The summed E-state index contributed by atoms with van der Waals surface area (Å²) in [6.07, 6.45) is 6.44. The summed E-state index contributed by atoms with van der Waals surface area (Å²) >= 11 is 9.12. The van der Waals surface area contributed by atoms with Crippen LogP contribution in [-0.4, -0.2) is 19.9 Å². The largest absolute Gasteiger partial charge is 0.243 e. The maximum absolute atomic E-state index is 12.3. The van der Waals surface area contributed by atoms with Crippen LogP contribution in [0.3, 0.4) is 0 Å². The molecule has 0 bridgehead atoms. The van der Waals surface area contributed by atoms with Gasteiger partial charge in [0, 0.05) is 17.2 Å². The van der Waals surface area contributed by atoms with Gasteiger partial charge in [0.05, 0.1) is 0 Å². The predicted octanol–water partition coefficient (Wildman–Crippen LogP) is 3.21. The fourth-order valence-corrected chi connectivity index (χ4v) is 4.66. The van der Waals surface area contributed by atoms with E-state index in [1.54, 1.807) is 0 Å². The fraction of sp³-hybridized carbons (Fsp3) is 0.615. The van der Waals surface area contributed by atoms with Gasteiger partial charge in [-0.1, -0.05) is 11.6 Å². The van der Waals surface area contributed by atoms with Crippen molar-refractivity contribution < 1.29 is 8.42 Å². The standard InChI is InChI=1S/C13H16BrClN2O2S/c14-10-5-12(13(15)16-6-10)20(18,19)17-7-11(8-1-2-8)9-3-4-9/h5-6,8-9,11,17H,1-4,7H2. The first-order valence-corrected chi connectivity index (χ1v) is 9.43. The molecule has 0 amide bonds. The number of pyridine rings is 1. The number of hydrogen-bond acceptors (Lipinski definition) is 3. The molecule has 2 fully saturated rings. The van der Waals surface area contributed by atoms with E-state index in [9.17, 15) is 8.42 Å². The van der Waals surface area contributed by atoms with E-state index >= 15 is 0 Å². The average Bonchev–Trinajstić information content (AvgIpc) is 3.25. The van der Waals surface area contributed by atoms with E-state index in [0.717, 1.165) is 0 Å². The first kappa shape index (κ1) is 14.8. The van der Waals surface area contributed by atoms with E-state index in [1.807, 2.05) is 0 Å². The quantitative estimate of drug-likeness (QED) is 0.772. The number of nitrogens with zero attached hydrogens (tertiary/aromatic N) is 1. The van der Waals surface area contributed by atoms with Crippen LogP contribution in [0.15, 0.2) is 21.6 Å². The van der Waals surface area contributed by atoms with Gasteiger partial charge in [0.25, 0.3) is 0 Å². The lowest BCUT2D eigenvalue weighted by molar-refractivity contribution is 0.401. The number of aromatic nitrogens is 1. The summed E-state index contributed by atoms with van der Waals surface area (Å²) in [7, 11) is -3.59. The minimum Gasteiger partial charge on any atom is -0.242 e. The second-order valence-electron chi connectivity index (χ2n) is 5.63. The molecule has 2 aliphatic rings. The smallest absolute Gasteiger partial charge is 0.242 e. The van der Waals surface area contributed by atoms with Crippen molar-refractivity contribution in [1.82, 2.24) is 9.71 Å². The molecule has 2 saturated carbocycles. The van der Waals surface area contributed by atoms with Gasteiger partial charge >= 0.3 is 0 Å². The van der Waals surface area contributed by atoms with Gasteiger partial charge in [0.2, 0.25) is 10.0 Å². The predicted molar refractivity (Wildman–Crippen MR) is 81.1 cm³/mol. The highest BCUT2D eigenvalue weighted by Crippen LogP contribution is 2.48. The number of sulfonamides is 1. The minimum atomic E-state index is -3.59. The van der Waals surface area contributed by atoms with Crippen molar-refractivity contribution in [3.63, 3.8) is 0 Å². The molecule has 7 heteroatoms. The van der Waals surface area contributed by atoms with Gasteiger partial charge in [-0.05, 0) is 65.4 Å². The van der Waals surface area contributed by atoms with Crippen LogP contribution in [0.5, 0.6) is 0 Å². The zero-order chi connectivity index (χ0) is 14.3. The first-order valence-electron chi connectivity index (χ1n) is 6.78. The Balaban J connectivity index is 1.73. The minimum absolute atomic E-state index is 0.00935. The van der Waals surface area contributed by atoms with Crippen molar-refractivity contribution >= 4 is 37.6 Å². The molecule has 4 nitrogen and oxygen atoms in total. The van der Waals surface area contributed by atoms with Crippen LogP contribution in [0.2, 0.25) is 5.15 Å². The van der Waals surface area contributed by atoms with Crippen molar-refractivity contribution in [2.75, 3.05) is 6.54 Å². The Morgan fingerprint density at radius 3 is 2.50 bits per heavy atom. The van der Waals surface area contributed by atoms with Crippen LogP contribution in [-0.2, 0) is 10.0 Å². The second kappa shape index (κ2) is 5.55. The molecule has 0 aliphatic heterocycles. The number of hydrogen-bond donors (Lipinski definition) is 1. The molecule has 1 N–H and O–H groups in total. The summed E-state index contributed by atoms with van der Waals surface area (Å²) in [5, 5.41) is 0.00935. The van der Waals surface area contributed by atoms with Crippen LogP contribution < -0.4 is 4.72 Å². The number of halogens is 2. The Morgan fingerprint density at radius 1 is 1.35 bits per heavy atom. The normalized spacial score (nSPS) is 19.6. The lowest BCUT2D eigenvalue weighted by atomic mass is 9.99. The highest BCUT2D eigenvalue weighted by molar-refractivity contribution is 9.10. The van der Waals surface area contributed by atoms with E-state index in [2.05, 4.69) is 25.6 Å². The lowest BCUT2D eigenvalue weighted by Gasteiger charge is -2.16. The van der Waals surface area contributed by atoms with Gasteiger partial charge in [-0.15, -0.1) is 0 Å². The molecule has 1 aromatic rings. The molecular formula is C13H16BrClN2O2S. The average molecular weight is 380 g/mol. The highest BCUT2D eigenvalue weighted by atomic mass is 79.9. The molecule has 1 aromatic heterocycles. The van der Waals surface area contributed by atoms with Crippen LogP contribution in [0.1, 0.15) is 25.7 Å². The van der Waals surface area contributed by atoms with Crippen molar-refractivity contribution in [2.45, 2.75) is 30.6 Å². The Hall–Kier alpha value is -0.170. The van der Waals surface area contributed by atoms with Crippen molar-refractivity contribution in [3.8, 4) is 0 Å². The van der Waals surface area contributed by atoms with Crippen LogP contribution in [0, 0.1) is 17.8 Å². The molecule has 110 valence electrons. The molecule has 0 aromatic carbocycles. The maximum atomic E-state index is 12.3.